The van der Waals surface area contributed by atoms with E-state index in [4.69, 9.17) is 34.8 Å². The number of halogens is 3. The molecule has 154 valence electrons. The maximum Gasteiger partial charge on any atom is 0.323 e. The first kappa shape index (κ1) is 22.0. The Bertz CT molecular complexity index is 1070. The molecule has 0 aromatic heterocycles. The standard InChI is InChI=1S/C22H18Cl3N3O2/c1-13(14-5-3-2-4-6-14)26-21(29)15-7-9-18(24)20(11-15)28-22(30)27-16-8-10-17(23)19(25)12-16/h2-13H,1H3,(H,26,29)(H2,27,28,30)/t13-/m1/s1. The second-order valence-corrected chi connectivity index (χ2v) is 7.73. The van der Waals surface area contributed by atoms with Crippen molar-refractivity contribution in [2.24, 2.45) is 0 Å². The third-order valence-corrected chi connectivity index (χ3v) is 5.37. The fourth-order valence-electron chi connectivity index (χ4n) is 2.73. The van der Waals surface area contributed by atoms with Crippen LogP contribution in [0.25, 0.3) is 0 Å². The molecule has 3 amide bonds. The first-order valence-corrected chi connectivity index (χ1v) is 10.2. The van der Waals surface area contributed by atoms with Crippen molar-refractivity contribution in [2.75, 3.05) is 10.6 Å². The number of carbonyl (C=O) groups excluding carboxylic acids is 2. The van der Waals surface area contributed by atoms with Crippen LogP contribution in [-0.2, 0) is 0 Å². The van der Waals surface area contributed by atoms with Crippen LogP contribution in [0.5, 0.6) is 0 Å². The van der Waals surface area contributed by atoms with Gasteiger partial charge in [-0.15, -0.1) is 0 Å². The van der Waals surface area contributed by atoms with Gasteiger partial charge in [-0.05, 0) is 48.9 Å². The Morgan fingerprint density at radius 2 is 1.50 bits per heavy atom. The molecular formula is C22H18Cl3N3O2. The topological polar surface area (TPSA) is 70.2 Å². The van der Waals surface area contributed by atoms with Gasteiger partial charge in [0.05, 0.1) is 26.8 Å². The minimum atomic E-state index is -0.537. The van der Waals surface area contributed by atoms with Crippen molar-refractivity contribution < 1.29 is 9.59 Å². The van der Waals surface area contributed by atoms with Gasteiger partial charge in [0, 0.05) is 11.3 Å². The molecule has 0 spiro atoms. The predicted octanol–water partition coefficient (Wildman–Crippen LogP) is 6.78. The fourth-order valence-corrected chi connectivity index (χ4v) is 3.19. The fraction of sp³-hybridized carbons (Fsp3) is 0.0909. The summed E-state index contributed by atoms with van der Waals surface area (Å²) in [5.74, 6) is -0.282. The second kappa shape index (κ2) is 9.85. The lowest BCUT2D eigenvalue weighted by atomic mass is 10.1. The average Bonchev–Trinajstić information content (AvgIpc) is 2.73. The molecule has 0 radical (unpaired) electrons. The van der Waals surface area contributed by atoms with E-state index in [1.165, 1.54) is 12.1 Å². The van der Waals surface area contributed by atoms with Gasteiger partial charge in [0.2, 0.25) is 0 Å². The summed E-state index contributed by atoms with van der Waals surface area (Å²) in [5, 5.41) is 9.20. The number of hydrogen-bond donors (Lipinski definition) is 3. The van der Waals surface area contributed by atoms with Crippen molar-refractivity contribution in [1.82, 2.24) is 5.32 Å². The van der Waals surface area contributed by atoms with Gasteiger partial charge >= 0.3 is 6.03 Å². The maximum atomic E-state index is 12.6. The van der Waals surface area contributed by atoms with Crippen LogP contribution in [0.4, 0.5) is 16.2 Å². The van der Waals surface area contributed by atoms with Gasteiger partial charge in [-0.3, -0.25) is 4.79 Å². The average molecular weight is 463 g/mol. The van der Waals surface area contributed by atoms with Crippen LogP contribution in [0.3, 0.4) is 0 Å². The van der Waals surface area contributed by atoms with E-state index in [1.54, 1.807) is 24.3 Å². The van der Waals surface area contributed by atoms with Crippen molar-refractivity contribution in [3.8, 4) is 0 Å². The third kappa shape index (κ3) is 5.66. The molecule has 1 atom stereocenters. The van der Waals surface area contributed by atoms with Crippen molar-refractivity contribution >= 4 is 58.1 Å². The van der Waals surface area contributed by atoms with E-state index in [-0.39, 0.29) is 11.9 Å². The summed E-state index contributed by atoms with van der Waals surface area (Å²) in [4.78, 5) is 24.9. The molecule has 0 bridgehead atoms. The highest BCUT2D eigenvalue weighted by Crippen LogP contribution is 2.26. The second-order valence-electron chi connectivity index (χ2n) is 6.51. The Morgan fingerprint density at radius 1 is 0.800 bits per heavy atom. The van der Waals surface area contributed by atoms with Crippen LogP contribution >= 0.6 is 34.8 Å². The first-order chi connectivity index (χ1) is 14.3. The van der Waals surface area contributed by atoms with E-state index in [1.807, 2.05) is 37.3 Å². The van der Waals surface area contributed by atoms with Crippen molar-refractivity contribution in [1.29, 1.82) is 0 Å². The van der Waals surface area contributed by atoms with Crippen molar-refractivity contribution in [2.45, 2.75) is 13.0 Å². The number of urea groups is 1. The molecule has 0 saturated heterocycles. The number of carbonyl (C=O) groups is 2. The Hall–Kier alpha value is -2.73. The number of anilines is 2. The zero-order valence-electron chi connectivity index (χ0n) is 15.9. The quantitative estimate of drug-likeness (QED) is 0.391. The Labute approximate surface area is 189 Å². The molecule has 0 aliphatic heterocycles. The molecule has 5 nitrogen and oxygen atoms in total. The molecule has 8 heteroatoms. The Kier molecular flexibility index (Phi) is 7.21. The largest absolute Gasteiger partial charge is 0.346 e. The highest BCUT2D eigenvalue weighted by molar-refractivity contribution is 6.42. The van der Waals surface area contributed by atoms with Gasteiger partial charge in [0.15, 0.2) is 0 Å². The van der Waals surface area contributed by atoms with Gasteiger partial charge in [0.1, 0.15) is 0 Å². The summed E-state index contributed by atoms with van der Waals surface area (Å²) in [6.07, 6.45) is 0. The first-order valence-electron chi connectivity index (χ1n) is 9.02. The van der Waals surface area contributed by atoms with E-state index in [2.05, 4.69) is 16.0 Å². The van der Waals surface area contributed by atoms with Crippen LogP contribution in [-0.4, -0.2) is 11.9 Å². The molecule has 0 saturated carbocycles. The van der Waals surface area contributed by atoms with Crippen LogP contribution in [0.2, 0.25) is 15.1 Å². The van der Waals surface area contributed by atoms with E-state index in [0.29, 0.717) is 32.0 Å². The van der Waals surface area contributed by atoms with E-state index >= 15 is 0 Å². The molecule has 0 aliphatic rings. The van der Waals surface area contributed by atoms with Gasteiger partial charge in [-0.25, -0.2) is 4.79 Å². The summed E-state index contributed by atoms with van der Waals surface area (Å²) in [6, 6.07) is 18.3. The van der Waals surface area contributed by atoms with Gasteiger partial charge < -0.3 is 16.0 Å². The normalized spacial score (nSPS) is 11.5. The molecule has 0 fully saturated rings. The molecule has 0 unspecified atom stereocenters. The predicted molar refractivity (Wildman–Crippen MR) is 123 cm³/mol. The molecule has 0 heterocycles. The number of amides is 3. The Morgan fingerprint density at radius 3 is 2.20 bits per heavy atom. The van der Waals surface area contributed by atoms with Crippen LogP contribution in [0.15, 0.2) is 66.7 Å². The van der Waals surface area contributed by atoms with Crippen LogP contribution in [0, 0.1) is 0 Å². The molecule has 3 aromatic carbocycles. The minimum Gasteiger partial charge on any atom is -0.346 e. The molecule has 3 aromatic rings. The SMILES string of the molecule is C[C@@H](NC(=O)c1ccc(Cl)c(NC(=O)Nc2ccc(Cl)c(Cl)c2)c1)c1ccccc1. The lowest BCUT2D eigenvalue weighted by Crippen LogP contribution is -2.27. The summed E-state index contributed by atoms with van der Waals surface area (Å²) >= 11 is 18.0. The van der Waals surface area contributed by atoms with Gasteiger partial charge in [0.25, 0.3) is 5.91 Å². The smallest absolute Gasteiger partial charge is 0.323 e. The third-order valence-electron chi connectivity index (χ3n) is 4.30. The highest BCUT2D eigenvalue weighted by atomic mass is 35.5. The zero-order chi connectivity index (χ0) is 21.7. The summed E-state index contributed by atoms with van der Waals surface area (Å²) in [7, 11) is 0. The van der Waals surface area contributed by atoms with Crippen molar-refractivity contribution in [3.63, 3.8) is 0 Å². The van der Waals surface area contributed by atoms with Crippen LogP contribution < -0.4 is 16.0 Å². The number of benzene rings is 3. The number of hydrogen-bond acceptors (Lipinski definition) is 2. The molecule has 3 rings (SSSR count). The number of rotatable bonds is 5. The monoisotopic (exact) mass is 461 g/mol. The van der Waals surface area contributed by atoms with E-state index in [0.717, 1.165) is 5.56 Å². The molecule has 30 heavy (non-hydrogen) atoms. The van der Waals surface area contributed by atoms with Gasteiger partial charge in [-0.2, -0.15) is 0 Å². The van der Waals surface area contributed by atoms with Crippen LogP contribution in [0.1, 0.15) is 28.9 Å². The van der Waals surface area contributed by atoms with Crippen molar-refractivity contribution in [3.05, 3.63) is 92.9 Å². The van der Waals surface area contributed by atoms with E-state index < -0.39 is 6.03 Å². The van der Waals surface area contributed by atoms with E-state index in [9.17, 15) is 9.59 Å². The lowest BCUT2D eigenvalue weighted by Gasteiger charge is -2.15. The minimum absolute atomic E-state index is 0.177. The summed E-state index contributed by atoms with van der Waals surface area (Å²) in [5.41, 5.74) is 2.11. The summed E-state index contributed by atoms with van der Waals surface area (Å²) in [6.45, 7) is 1.90. The molecule has 0 aliphatic carbocycles. The Balaban J connectivity index is 1.69. The molecular weight excluding hydrogens is 445 g/mol. The molecule has 3 N–H and O–H groups in total. The lowest BCUT2D eigenvalue weighted by molar-refractivity contribution is 0.0940. The highest BCUT2D eigenvalue weighted by Gasteiger charge is 2.14. The summed E-state index contributed by atoms with van der Waals surface area (Å²) < 4.78 is 0. The maximum absolute atomic E-state index is 12.6. The van der Waals surface area contributed by atoms with Gasteiger partial charge in [-0.1, -0.05) is 65.1 Å². The number of nitrogens with one attached hydrogen (secondary N) is 3. The zero-order valence-corrected chi connectivity index (χ0v) is 18.1.